The number of ether oxygens (including phenoxy) is 1. The molecule has 0 spiro atoms. The lowest BCUT2D eigenvalue weighted by Gasteiger charge is -2.17. The van der Waals surface area contributed by atoms with Gasteiger partial charge in [0.2, 0.25) is 0 Å². The van der Waals surface area contributed by atoms with Gasteiger partial charge in [-0.3, -0.25) is 11.3 Å². The number of nitrogens with two attached hydrogens (primary N) is 1. The van der Waals surface area contributed by atoms with E-state index in [2.05, 4.69) is 21.4 Å². The van der Waals surface area contributed by atoms with Gasteiger partial charge in [0.25, 0.3) is 0 Å². The third-order valence-corrected chi connectivity index (χ3v) is 5.72. The molecule has 3 N–H and O–H groups in total. The Labute approximate surface area is 136 Å². The number of hydrogen-bond donors (Lipinski definition) is 2. The van der Waals surface area contributed by atoms with E-state index in [0.29, 0.717) is 0 Å². The van der Waals surface area contributed by atoms with Crippen molar-refractivity contribution in [2.24, 2.45) is 5.84 Å². The predicted octanol–water partition coefficient (Wildman–Crippen LogP) is 4.23. The Hall–Kier alpha value is -0.590. The molecule has 0 saturated heterocycles. The lowest BCUT2D eigenvalue weighted by Crippen LogP contribution is -2.29. The summed E-state index contributed by atoms with van der Waals surface area (Å²) in [5, 5.41) is 2.83. The van der Waals surface area contributed by atoms with Crippen LogP contribution in [0.2, 0.25) is 5.02 Å². The highest BCUT2D eigenvalue weighted by Gasteiger charge is 2.18. The number of aryl methyl sites for hydroxylation is 1. The van der Waals surface area contributed by atoms with Gasteiger partial charge in [0.1, 0.15) is 5.75 Å². The predicted molar refractivity (Wildman–Crippen MR) is 88.5 cm³/mol. The van der Waals surface area contributed by atoms with Crippen LogP contribution in [0.1, 0.15) is 22.0 Å². The highest BCUT2D eigenvalue weighted by Crippen LogP contribution is 2.35. The molecule has 2 aromatic rings. The summed E-state index contributed by atoms with van der Waals surface area (Å²) in [6.45, 7) is 2.00. The van der Waals surface area contributed by atoms with E-state index in [0.717, 1.165) is 37.7 Å². The van der Waals surface area contributed by atoms with E-state index in [9.17, 15) is 0 Å². The van der Waals surface area contributed by atoms with Gasteiger partial charge in [-0.1, -0.05) is 27.5 Å². The van der Waals surface area contributed by atoms with E-state index >= 15 is 0 Å². The van der Waals surface area contributed by atoms with Crippen molar-refractivity contribution < 1.29 is 4.74 Å². The fourth-order valence-electron chi connectivity index (χ4n) is 1.97. The quantitative estimate of drug-likeness (QED) is 0.607. The number of nitrogens with one attached hydrogen (secondary N) is 1. The molecule has 3 nitrogen and oxygen atoms in total. The van der Waals surface area contributed by atoms with Crippen LogP contribution >= 0.6 is 38.9 Å². The zero-order valence-corrected chi connectivity index (χ0v) is 14.4. The van der Waals surface area contributed by atoms with E-state index in [1.807, 2.05) is 30.5 Å². The topological polar surface area (TPSA) is 47.3 Å². The fourth-order valence-corrected chi connectivity index (χ4v) is 3.76. The number of methoxy groups -OCH3 is 1. The molecule has 6 heteroatoms. The van der Waals surface area contributed by atoms with E-state index in [4.69, 9.17) is 22.2 Å². The minimum atomic E-state index is -0.0235. The van der Waals surface area contributed by atoms with Crippen LogP contribution in [0.3, 0.4) is 0 Å². The maximum Gasteiger partial charge on any atom is 0.119 e. The summed E-state index contributed by atoms with van der Waals surface area (Å²) >= 11 is 11.5. The molecule has 0 aliphatic carbocycles. The van der Waals surface area contributed by atoms with Crippen molar-refractivity contribution in [3.8, 4) is 5.75 Å². The monoisotopic (exact) mass is 374 g/mol. The van der Waals surface area contributed by atoms with Crippen LogP contribution in [-0.4, -0.2) is 7.11 Å². The van der Waals surface area contributed by atoms with Gasteiger partial charge in [0.05, 0.1) is 18.2 Å². The Kier molecular flexibility index (Phi) is 5.46. The first kappa shape index (κ1) is 15.8. The Bertz CT molecular complexity index is 603. The van der Waals surface area contributed by atoms with Crippen molar-refractivity contribution in [1.82, 2.24) is 5.43 Å². The summed E-state index contributed by atoms with van der Waals surface area (Å²) in [6, 6.07) is 5.87. The zero-order valence-electron chi connectivity index (χ0n) is 11.2. The highest BCUT2D eigenvalue weighted by molar-refractivity contribution is 9.10. The van der Waals surface area contributed by atoms with Crippen LogP contribution in [0.4, 0.5) is 0 Å². The zero-order chi connectivity index (χ0) is 14.7. The Balaban J connectivity index is 2.29. The van der Waals surface area contributed by atoms with E-state index in [1.54, 1.807) is 18.4 Å². The molecule has 0 saturated carbocycles. The van der Waals surface area contributed by atoms with Crippen LogP contribution in [-0.2, 0) is 6.42 Å². The van der Waals surface area contributed by atoms with Gasteiger partial charge in [-0.05, 0) is 48.1 Å². The summed E-state index contributed by atoms with van der Waals surface area (Å²) < 4.78 is 6.29. The molecule has 1 atom stereocenters. The Morgan fingerprint density at radius 1 is 1.50 bits per heavy atom. The molecule has 1 heterocycles. The third kappa shape index (κ3) is 3.35. The van der Waals surface area contributed by atoms with Crippen molar-refractivity contribution in [2.75, 3.05) is 7.11 Å². The minimum Gasteiger partial charge on any atom is -0.497 e. The first-order valence-corrected chi connectivity index (χ1v) is 8.14. The summed E-state index contributed by atoms with van der Waals surface area (Å²) in [6.07, 6.45) is 0.730. The molecule has 0 aliphatic rings. The number of halogens is 2. The number of thiophene rings is 1. The summed E-state index contributed by atoms with van der Waals surface area (Å²) in [7, 11) is 1.66. The van der Waals surface area contributed by atoms with E-state index < -0.39 is 0 Å². The van der Waals surface area contributed by atoms with Gasteiger partial charge in [0, 0.05) is 9.35 Å². The van der Waals surface area contributed by atoms with Gasteiger partial charge in [-0.2, -0.15) is 0 Å². The van der Waals surface area contributed by atoms with Crippen molar-refractivity contribution in [3.63, 3.8) is 0 Å². The highest BCUT2D eigenvalue weighted by atomic mass is 79.9. The third-order valence-electron chi connectivity index (χ3n) is 3.12. The van der Waals surface area contributed by atoms with Crippen LogP contribution < -0.4 is 16.0 Å². The normalized spacial score (nSPS) is 12.4. The summed E-state index contributed by atoms with van der Waals surface area (Å²) in [5.41, 5.74) is 5.05. The fraction of sp³-hybridized carbons (Fsp3) is 0.286. The second kappa shape index (κ2) is 6.91. The SMILES string of the molecule is COc1ccc(Br)c(CC(NN)c2scc(C)c2Cl)c1. The molecule has 0 amide bonds. The van der Waals surface area contributed by atoms with E-state index in [-0.39, 0.29) is 6.04 Å². The standard InChI is InChI=1S/C14H16BrClN2OS/c1-8-7-20-14(13(8)16)12(18-17)6-9-5-10(19-2)3-4-11(9)15/h3-5,7,12,18H,6,17H2,1-2H3. The van der Waals surface area contributed by atoms with Crippen molar-refractivity contribution in [1.29, 1.82) is 0 Å². The molecule has 108 valence electrons. The first-order chi connectivity index (χ1) is 9.56. The molecular formula is C14H16BrClN2OS. The van der Waals surface area contributed by atoms with Crippen LogP contribution in [0, 0.1) is 6.92 Å². The van der Waals surface area contributed by atoms with Crippen LogP contribution in [0.5, 0.6) is 5.75 Å². The molecule has 1 aromatic carbocycles. The number of rotatable bonds is 5. The van der Waals surface area contributed by atoms with Crippen molar-refractivity contribution in [2.45, 2.75) is 19.4 Å². The van der Waals surface area contributed by atoms with Crippen LogP contribution in [0.25, 0.3) is 0 Å². The average Bonchev–Trinajstić information content (AvgIpc) is 2.78. The van der Waals surface area contributed by atoms with Gasteiger partial charge in [0.15, 0.2) is 0 Å². The van der Waals surface area contributed by atoms with Crippen LogP contribution in [0.15, 0.2) is 28.1 Å². The Morgan fingerprint density at radius 2 is 2.25 bits per heavy atom. The lowest BCUT2D eigenvalue weighted by atomic mass is 10.0. The summed E-state index contributed by atoms with van der Waals surface area (Å²) in [4.78, 5) is 1.06. The Morgan fingerprint density at radius 3 is 2.80 bits per heavy atom. The van der Waals surface area contributed by atoms with Gasteiger partial charge in [-0.15, -0.1) is 11.3 Å². The smallest absolute Gasteiger partial charge is 0.119 e. The second-order valence-electron chi connectivity index (χ2n) is 4.48. The largest absolute Gasteiger partial charge is 0.497 e. The molecule has 0 bridgehead atoms. The minimum absolute atomic E-state index is 0.0235. The molecule has 1 aromatic heterocycles. The maximum atomic E-state index is 6.33. The van der Waals surface area contributed by atoms with Gasteiger partial charge >= 0.3 is 0 Å². The molecule has 0 fully saturated rings. The first-order valence-electron chi connectivity index (χ1n) is 6.08. The molecule has 20 heavy (non-hydrogen) atoms. The van der Waals surface area contributed by atoms with Gasteiger partial charge in [-0.25, -0.2) is 0 Å². The molecular weight excluding hydrogens is 360 g/mol. The molecule has 1 unspecified atom stereocenters. The molecule has 0 aliphatic heterocycles. The summed E-state index contributed by atoms with van der Waals surface area (Å²) in [5.74, 6) is 6.53. The van der Waals surface area contributed by atoms with Crippen molar-refractivity contribution >= 4 is 38.9 Å². The number of benzene rings is 1. The number of hydrazine groups is 1. The lowest BCUT2D eigenvalue weighted by molar-refractivity contribution is 0.413. The molecule has 0 radical (unpaired) electrons. The number of hydrogen-bond acceptors (Lipinski definition) is 4. The van der Waals surface area contributed by atoms with Crippen molar-refractivity contribution in [3.05, 3.63) is 49.1 Å². The molecule has 2 rings (SSSR count). The van der Waals surface area contributed by atoms with Gasteiger partial charge < -0.3 is 4.74 Å². The maximum absolute atomic E-state index is 6.33. The average molecular weight is 376 g/mol. The second-order valence-corrected chi connectivity index (χ2v) is 6.62. The van der Waals surface area contributed by atoms with E-state index in [1.165, 1.54) is 0 Å².